The van der Waals surface area contributed by atoms with Crippen molar-refractivity contribution in [2.24, 2.45) is 5.10 Å². The van der Waals surface area contributed by atoms with Crippen molar-refractivity contribution >= 4 is 29.8 Å². The molecule has 0 radical (unpaired) electrons. The highest BCUT2D eigenvalue weighted by atomic mass is 32.2. The Labute approximate surface area is 196 Å². The van der Waals surface area contributed by atoms with Crippen molar-refractivity contribution in [3.63, 3.8) is 0 Å². The number of rotatable bonds is 7. The predicted molar refractivity (Wildman–Crippen MR) is 128 cm³/mol. The molecule has 4 rings (SSSR count). The standard InChI is InChI=1S/C25H23N3O4S/c1-32-22-13-18(7-12-21(22)29)14-26-27-24(31)19-8-10-20(11-9-19)25-28(23(30)16-33-25)15-17-5-3-2-4-6-17/h2-14,25,29H,15-16H2,1H3,(H,27,31)/b26-14-/t25-/m0/s1. The highest BCUT2D eigenvalue weighted by Crippen LogP contribution is 2.39. The van der Waals surface area contributed by atoms with Crippen LogP contribution in [0.1, 0.15) is 32.4 Å². The fourth-order valence-corrected chi connectivity index (χ4v) is 4.67. The third-order valence-electron chi connectivity index (χ3n) is 5.21. The van der Waals surface area contributed by atoms with E-state index < -0.39 is 0 Å². The molecule has 1 saturated heterocycles. The van der Waals surface area contributed by atoms with E-state index in [0.717, 1.165) is 11.1 Å². The van der Waals surface area contributed by atoms with Crippen LogP contribution in [0.2, 0.25) is 0 Å². The molecule has 1 aliphatic heterocycles. The summed E-state index contributed by atoms with van der Waals surface area (Å²) in [6.07, 6.45) is 1.47. The number of methoxy groups -OCH3 is 1. The number of ether oxygens (including phenoxy) is 1. The van der Waals surface area contributed by atoms with Crippen LogP contribution in [-0.2, 0) is 11.3 Å². The summed E-state index contributed by atoms with van der Waals surface area (Å²) in [6, 6.07) is 21.9. The number of hydrogen-bond acceptors (Lipinski definition) is 6. The van der Waals surface area contributed by atoms with E-state index in [1.807, 2.05) is 47.4 Å². The summed E-state index contributed by atoms with van der Waals surface area (Å²) in [4.78, 5) is 26.7. The van der Waals surface area contributed by atoms with Gasteiger partial charge in [0.1, 0.15) is 5.37 Å². The van der Waals surface area contributed by atoms with Gasteiger partial charge in [-0.2, -0.15) is 5.10 Å². The van der Waals surface area contributed by atoms with E-state index in [4.69, 9.17) is 4.74 Å². The summed E-state index contributed by atoms with van der Waals surface area (Å²) in [5, 5.41) is 13.5. The molecule has 7 nitrogen and oxygen atoms in total. The summed E-state index contributed by atoms with van der Waals surface area (Å²) in [5.74, 6) is 0.556. The van der Waals surface area contributed by atoms with Crippen molar-refractivity contribution in [3.8, 4) is 11.5 Å². The van der Waals surface area contributed by atoms with Crippen LogP contribution >= 0.6 is 11.8 Å². The number of carbonyl (C=O) groups excluding carboxylic acids is 2. The normalized spacial score (nSPS) is 15.7. The van der Waals surface area contributed by atoms with Gasteiger partial charge in [0, 0.05) is 12.1 Å². The largest absolute Gasteiger partial charge is 0.504 e. The first-order valence-corrected chi connectivity index (χ1v) is 11.4. The van der Waals surface area contributed by atoms with E-state index in [1.54, 1.807) is 36.0 Å². The Kier molecular flexibility index (Phi) is 6.95. The Morgan fingerprint density at radius 2 is 1.94 bits per heavy atom. The van der Waals surface area contributed by atoms with Crippen molar-refractivity contribution < 1.29 is 19.4 Å². The third-order valence-corrected chi connectivity index (χ3v) is 6.46. The Hall–Kier alpha value is -3.78. The van der Waals surface area contributed by atoms with Gasteiger partial charge in [-0.05, 0) is 47.0 Å². The Morgan fingerprint density at radius 1 is 1.18 bits per heavy atom. The van der Waals surface area contributed by atoms with E-state index in [0.29, 0.717) is 29.2 Å². The van der Waals surface area contributed by atoms with Gasteiger partial charge in [0.05, 0.1) is 19.1 Å². The molecule has 168 valence electrons. The van der Waals surface area contributed by atoms with Crippen LogP contribution in [0.3, 0.4) is 0 Å². The lowest BCUT2D eigenvalue weighted by molar-refractivity contribution is -0.128. The molecule has 0 spiro atoms. The molecule has 0 aliphatic carbocycles. The average Bonchev–Trinajstić information content (AvgIpc) is 3.20. The van der Waals surface area contributed by atoms with Crippen LogP contribution in [0, 0.1) is 0 Å². The monoisotopic (exact) mass is 461 g/mol. The summed E-state index contributed by atoms with van der Waals surface area (Å²) in [6.45, 7) is 0.552. The predicted octanol–water partition coefficient (Wildman–Crippen LogP) is 3.94. The van der Waals surface area contributed by atoms with Crippen molar-refractivity contribution in [3.05, 3.63) is 95.1 Å². The number of phenolic OH excluding ortho intramolecular Hbond substituents is 1. The van der Waals surface area contributed by atoms with E-state index in [-0.39, 0.29) is 22.9 Å². The third kappa shape index (κ3) is 5.35. The quantitative estimate of drug-likeness (QED) is 0.411. The van der Waals surface area contributed by atoms with Crippen LogP contribution in [-0.4, -0.2) is 40.9 Å². The zero-order chi connectivity index (χ0) is 23.2. The highest BCUT2D eigenvalue weighted by molar-refractivity contribution is 8.00. The molecule has 2 N–H and O–H groups in total. The number of thioether (sulfide) groups is 1. The molecule has 0 saturated carbocycles. The molecule has 2 amide bonds. The summed E-state index contributed by atoms with van der Waals surface area (Å²) >= 11 is 1.58. The molecule has 1 fully saturated rings. The Morgan fingerprint density at radius 3 is 2.67 bits per heavy atom. The number of hydrogen-bond donors (Lipinski definition) is 2. The van der Waals surface area contributed by atoms with E-state index in [1.165, 1.54) is 19.4 Å². The van der Waals surface area contributed by atoms with Gasteiger partial charge in [-0.3, -0.25) is 9.59 Å². The minimum atomic E-state index is -0.347. The zero-order valence-corrected chi connectivity index (χ0v) is 18.8. The first-order valence-electron chi connectivity index (χ1n) is 10.3. The molecular weight excluding hydrogens is 438 g/mol. The van der Waals surface area contributed by atoms with Gasteiger partial charge < -0.3 is 14.7 Å². The van der Waals surface area contributed by atoms with Gasteiger partial charge in [0.2, 0.25) is 5.91 Å². The lowest BCUT2D eigenvalue weighted by atomic mass is 10.1. The fraction of sp³-hybridized carbons (Fsp3) is 0.160. The lowest BCUT2D eigenvalue weighted by Gasteiger charge is -2.24. The Balaban J connectivity index is 1.40. The van der Waals surface area contributed by atoms with Gasteiger partial charge in [-0.25, -0.2) is 5.43 Å². The van der Waals surface area contributed by atoms with E-state index in [9.17, 15) is 14.7 Å². The molecule has 1 aliphatic rings. The average molecular weight is 462 g/mol. The molecule has 8 heteroatoms. The van der Waals surface area contributed by atoms with Crippen LogP contribution in [0.25, 0.3) is 0 Å². The molecule has 0 unspecified atom stereocenters. The summed E-state index contributed by atoms with van der Waals surface area (Å²) < 4.78 is 5.06. The molecule has 1 heterocycles. The van der Waals surface area contributed by atoms with Crippen molar-refractivity contribution in [1.29, 1.82) is 0 Å². The maximum absolute atomic E-state index is 12.4. The Bertz CT molecular complexity index is 1170. The number of nitrogens with zero attached hydrogens (tertiary/aromatic N) is 2. The van der Waals surface area contributed by atoms with Crippen LogP contribution in [0.15, 0.2) is 77.9 Å². The maximum Gasteiger partial charge on any atom is 0.271 e. The van der Waals surface area contributed by atoms with Gasteiger partial charge in [-0.15, -0.1) is 11.8 Å². The number of phenols is 1. The minimum absolute atomic E-state index is 0.0308. The van der Waals surface area contributed by atoms with Crippen molar-refractivity contribution in [2.45, 2.75) is 11.9 Å². The maximum atomic E-state index is 12.4. The van der Waals surface area contributed by atoms with Gasteiger partial charge in [-0.1, -0.05) is 42.5 Å². The number of amides is 2. The van der Waals surface area contributed by atoms with Crippen molar-refractivity contribution in [2.75, 3.05) is 12.9 Å². The second-order valence-corrected chi connectivity index (χ2v) is 8.49. The van der Waals surface area contributed by atoms with Crippen LogP contribution in [0.4, 0.5) is 0 Å². The molecule has 1 atom stereocenters. The number of benzene rings is 3. The molecule has 0 bridgehead atoms. The number of aromatic hydroxyl groups is 1. The second-order valence-electron chi connectivity index (χ2n) is 7.42. The van der Waals surface area contributed by atoms with Gasteiger partial charge in [0.15, 0.2) is 11.5 Å². The first-order chi connectivity index (χ1) is 16.0. The molecular formula is C25H23N3O4S. The van der Waals surface area contributed by atoms with Gasteiger partial charge >= 0.3 is 0 Å². The number of hydrazone groups is 1. The molecule has 3 aromatic carbocycles. The number of nitrogens with one attached hydrogen (secondary N) is 1. The molecule has 3 aromatic rings. The fourth-order valence-electron chi connectivity index (χ4n) is 3.48. The first kappa shape index (κ1) is 22.4. The summed E-state index contributed by atoms with van der Waals surface area (Å²) in [5.41, 5.74) is 5.68. The van der Waals surface area contributed by atoms with E-state index >= 15 is 0 Å². The minimum Gasteiger partial charge on any atom is -0.504 e. The smallest absolute Gasteiger partial charge is 0.271 e. The van der Waals surface area contributed by atoms with Crippen LogP contribution in [0.5, 0.6) is 11.5 Å². The SMILES string of the molecule is COc1cc(/C=N\NC(=O)c2ccc([C@@H]3SCC(=O)N3Cc3ccccc3)cc2)ccc1O. The lowest BCUT2D eigenvalue weighted by Crippen LogP contribution is -2.27. The zero-order valence-electron chi connectivity index (χ0n) is 18.0. The highest BCUT2D eigenvalue weighted by Gasteiger charge is 2.32. The summed E-state index contributed by atoms with van der Waals surface area (Å²) in [7, 11) is 1.46. The topological polar surface area (TPSA) is 91.2 Å². The second kappa shape index (κ2) is 10.2. The van der Waals surface area contributed by atoms with Crippen molar-refractivity contribution in [1.82, 2.24) is 10.3 Å². The molecule has 33 heavy (non-hydrogen) atoms. The van der Waals surface area contributed by atoms with Gasteiger partial charge in [0.25, 0.3) is 5.91 Å². The van der Waals surface area contributed by atoms with Crippen LogP contribution < -0.4 is 10.2 Å². The molecule has 0 aromatic heterocycles. The van der Waals surface area contributed by atoms with E-state index in [2.05, 4.69) is 10.5 Å². The number of carbonyl (C=O) groups is 2.